The van der Waals surface area contributed by atoms with E-state index >= 15 is 0 Å². The summed E-state index contributed by atoms with van der Waals surface area (Å²) in [4.78, 5) is 17.7. The molecule has 3 heterocycles. The zero-order valence-electron chi connectivity index (χ0n) is 15.4. The first-order valence-electron chi connectivity index (χ1n) is 8.83. The summed E-state index contributed by atoms with van der Waals surface area (Å²) in [6.45, 7) is 6.04. The lowest BCUT2D eigenvalue weighted by molar-refractivity contribution is 0.102. The van der Waals surface area contributed by atoms with Gasteiger partial charge in [0.05, 0.1) is 23.4 Å². The summed E-state index contributed by atoms with van der Waals surface area (Å²) in [6.07, 6.45) is 3.28. The van der Waals surface area contributed by atoms with Gasteiger partial charge in [0.15, 0.2) is 11.4 Å². The van der Waals surface area contributed by atoms with Gasteiger partial charge >= 0.3 is 0 Å². The minimum Gasteiger partial charge on any atom is -0.463 e. The van der Waals surface area contributed by atoms with E-state index < -0.39 is 0 Å². The highest BCUT2D eigenvalue weighted by Gasteiger charge is 2.19. The SMILES string of the molecule is Cc1cccc(NC(=O)c2cc(-c3ccco3)nc3c2cnn3C(C)C)c1. The van der Waals surface area contributed by atoms with Crippen molar-refractivity contribution in [2.24, 2.45) is 0 Å². The first kappa shape index (κ1) is 17.0. The van der Waals surface area contributed by atoms with Gasteiger partial charge in [-0.2, -0.15) is 5.10 Å². The van der Waals surface area contributed by atoms with Crippen molar-refractivity contribution in [1.29, 1.82) is 0 Å². The van der Waals surface area contributed by atoms with Crippen molar-refractivity contribution in [3.05, 3.63) is 66.1 Å². The fourth-order valence-electron chi connectivity index (χ4n) is 3.06. The second-order valence-electron chi connectivity index (χ2n) is 6.78. The molecule has 6 nitrogen and oxygen atoms in total. The van der Waals surface area contributed by atoms with Crippen LogP contribution in [0.5, 0.6) is 0 Å². The van der Waals surface area contributed by atoms with Gasteiger partial charge in [0, 0.05) is 11.7 Å². The minimum absolute atomic E-state index is 0.120. The number of aromatic nitrogens is 3. The third-order valence-corrected chi connectivity index (χ3v) is 4.35. The molecular formula is C21H20N4O2. The van der Waals surface area contributed by atoms with E-state index in [4.69, 9.17) is 4.42 Å². The molecule has 1 amide bonds. The lowest BCUT2D eigenvalue weighted by atomic mass is 10.1. The fraction of sp³-hybridized carbons (Fsp3) is 0.190. The summed E-state index contributed by atoms with van der Waals surface area (Å²) >= 11 is 0. The summed E-state index contributed by atoms with van der Waals surface area (Å²) in [5.74, 6) is 0.405. The maximum absolute atomic E-state index is 13.0. The minimum atomic E-state index is -0.205. The van der Waals surface area contributed by atoms with Gasteiger partial charge < -0.3 is 9.73 Å². The summed E-state index contributed by atoms with van der Waals surface area (Å²) in [7, 11) is 0. The Morgan fingerprint density at radius 1 is 1.19 bits per heavy atom. The van der Waals surface area contributed by atoms with Crippen molar-refractivity contribution in [1.82, 2.24) is 14.8 Å². The summed E-state index contributed by atoms with van der Waals surface area (Å²) in [5.41, 5.74) is 3.61. The topological polar surface area (TPSA) is 73.0 Å². The molecule has 0 saturated carbocycles. The Labute approximate surface area is 156 Å². The van der Waals surface area contributed by atoms with Crippen molar-refractivity contribution in [3.63, 3.8) is 0 Å². The number of pyridine rings is 1. The van der Waals surface area contributed by atoms with Gasteiger partial charge in [0.25, 0.3) is 5.91 Å². The Hall–Kier alpha value is -3.41. The van der Waals surface area contributed by atoms with Gasteiger partial charge in [-0.05, 0) is 56.7 Å². The fourth-order valence-corrected chi connectivity index (χ4v) is 3.06. The van der Waals surface area contributed by atoms with Gasteiger partial charge in [0.2, 0.25) is 0 Å². The molecule has 0 aliphatic rings. The Balaban J connectivity index is 1.84. The number of fused-ring (bicyclic) bond motifs is 1. The van der Waals surface area contributed by atoms with Crippen LogP contribution >= 0.6 is 0 Å². The number of benzene rings is 1. The highest BCUT2D eigenvalue weighted by Crippen LogP contribution is 2.27. The maximum atomic E-state index is 13.0. The van der Waals surface area contributed by atoms with Crippen LogP contribution in [0.15, 0.2) is 59.3 Å². The van der Waals surface area contributed by atoms with E-state index in [1.54, 1.807) is 24.6 Å². The van der Waals surface area contributed by atoms with E-state index in [1.807, 2.05) is 55.8 Å². The number of hydrogen-bond acceptors (Lipinski definition) is 4. The lowest BCUT2D eigenvalue weighted by Gasteiger charge is -2.10. The molecule has 0 bridgehead atoms. The van der Waals surface area contributed by atoms with E-state index in [9.17, 15) is 4.79 Å². The van der Waals surface area contributed by atoms with Gasteiger partial charge in [-0.1, -0.05) is 12.1 Å². The first-order chi connectivity index (χ1) is 13.0. The van der Waals surface area contributed by atoms with Crippen LogP contribution in [0.1, 0.15) is 35.8 Å². The predicted octanol–water partition coefficient (Wildman–Crippen LogP) is 4.83. The Bertz CT molecular complexity index is 1110. The average molecular weight is 360 g/mol. The third kappa shape index (κ3) is 3.21. The number of furan rings is 1. The van der Waals surface area contributed by atoms with Crippen LogP contribution in [0.4, 0.5) is 5.69 Å². The molecule has 4 aromatic rings. The number of amides is 1. The van der Waals surface area contributed by atoms with Crippen molar-refractivity contribution >= 4 is 22.6 Å². The van der Waals surface area contributed by atoms with Crippen LogP contribution in [-0.2, 0) is 0 Å². The van der Waals surface area contributed by atoms with Gasteiger partial charge in [-0.25, -0.2) is 9.67 Å². The molecule has 0 unspecified atom stereocenters. The molecule has 4 rings (SSSR count). The molecule has 3 aromatic heterocycles. The first-order valence-corrected chi connectivity index (χ1v) is 8.83. The summed E-state index contributed by atoms with van der Waals surface area (Å²) in [5, 5.41) is 8.11. The van der Waals surface area contributed by atoms with Crippen molar-refractivity contribution in [3.8, 4) is 11.5 Å². The maximum Gasteiger partial charge on any atom is 0.256 e. The molecule has 0 aliphatic heterocycles. The molecule has 0 aliphatic carbocycles. The van der Waals surface area contributed by atoms with Crippen molar-refractivity contribution in [2.75, 3.05) is 5.32 Å². The molecule has 136 valence electrons. The predicted molar refractivity (Wildman–Crippen MR) is 105 cm³/mol. The zero-order chi connectivity index (χ0) is 19.0. The van der Waals surface area contributed by atoms with E-state index in [0.29, 0.717) is 28.1 Å². The van der Waals surface area contributed by atoms with Crippen LogP contribution in [0.2, 0.25) is 0 Å². The molecule has 0 saturated heterocycles. The summed E-state index contributed by atoms with van der Waals surface area (Å²) in [6, 6.07) is 13.2. The Morgan fingerprint density at radius 2 is 2.04 bits per heavy atom. The van der Waals surface area contributed by atoms with Crippen molar-refractivity contribution in [2.45, 2.75) is 26.8 Å². The standard InChI is InChI=1S/C21H20N4O2/c1-13(2)25-20-17(12-22-25)16(11-18(24-20)19-8-5-9-27-19)21(26)23-15-7-4-6-14(3)10-15/h4-13H,1-3H3,(H,23,26). The second-order valence-corrected chi connectivity index (χ2v) is 6.78. The molecule has 0 atom stereocenters. The smallest absolute Gasteiger partial charge is 0.256 e. The Kier molecular flexibility index (Phi) is 4.24. The second kappa shape index (κ2) is 6.72. The average Bonchev–Trinajstić information content (AvgIpc) is 3.30. The quantitative estimate of drug-likeness (QED) is 0.565. The van der Waals surface area contributed by atoms with Gasteiger partial charge in [-0.3, -0.25) is 4.79 Å². The molecular weight excluding hydrogens is 340 g/mol. The van der Waals surface area contributed by atoms with Crippen LogP contribution in [0.3, 0.4) is 0 Å². The molecule has 0 spiro atoms. The lowest BCUT2D eigenvalue weighted by Crippen LogP contribution is -2.13. The number of aryl methyl sites for hydroxylation is 1. The highest BCUT2D eigenvalue weighted by molar-refractivity contribution is 6.12. The molecule has 0 fully saturated rings. The molecule has 1 N–H and O–H groups in total. The number of carbonyl (C=O) groups excluding carboxylic acids is 1. The van der Waals surface area contributed by atoms with E-state index in [1.165, 1.54) is 0 Å². The summed E-state index contributed by atoms with van der Waals surface area (Å²) < 4.78 is 7.30. The van der Waals surface area contributed by atoms with Crippen molar-refractivity contribution < 1.29 is 9.21 Å². The van der Waals surface area contributed by atoms with E-state index in [2.05, 4.69) is 15.4 Å². The molecule has 27 heavy (non-hydrogen) atoms. The number of hydrogen-bond donors (Lipinski definition) is 1. The highest BCUT2D eigenvalue weighted by atomic mass is 16.3. The Morgan fingerprint density at radius 3 is 2.74 bits per heavy atom. The van der Waals surface area contributed by atoms with E-state index in [0.717, 1.165) is 11.3 Å². The zero-order valence-corrected chi connectivity index (χ0v) is 15.4. The van der Waals surface area contributed by atoms with Gasteiger partial charge in [-0.15, -0.1) is 0 Å². The third-order valence-electron chi connectivity index (χ3n) is 4.35. The normalized spacial score (nSPS) is 11.3. The van der Waals surface area contributed by atoms with Gasteiger partial charge in [0.1, 0.15) is 5.69 Å². The van der Waals surface area contributed by atoms with Crippen LogP contribution in [-0.4, -0.2) is 20.7 Å². The van der Waals surface area contributed by atoms with E-state index in [-0.39, 0.29) is 11.9 Å². The van der Waals surface area contributed by atoms with Crippen LogP contribution in [0, 0.1) is 6.92 Å². The number of nitrogens with zero attached hydrogens (tertiary/aromatic N) is 3. The molecule has 0 radical (unpaired) electrons. The largest absolute Gasteiger partial charge is 0.463 e. The van der Waals surface area contributed by atoms with Crippen LogP contribution in [0.25, 0.3) is 22.5 Å². The molecule has 1 aromatic carbocycles. The molecule has 6 heteroatoms. The number of rotatable bonds is 4. The van der Waals surface area contributed by atoms with Crippen LogP contribution < -0.4 is 5.32 Å². The number of carbonyl (C=O) groups is 1. The monoisotopic (exact) mass is 360 g/mol. The number of nitrogens with one attached hydrogen (secondary N) is 1. The number of anilines is 1.